The van der Waals surface area contributed by atoms with Crippen LogP contribution >= 0.6 is 15.9 Å². The van der Waals surface area contributed by atoms with E-state index in [0.717, 1.165) is 48.4 Å². The molecule has 0 aliphatic carbocycles. The van der Waals surface area contributed by atoms with Gasteiger partial charge in [0.25, 0.3) is 11.7 Å². The Balaban J connectivity index is 1.70. The van der Waals surface area contributed by atoms with Crippen LogP contribution in [-0.4, -0.2) is 51.6 Å². The van der Waals surface area contributed by atoms with E-state index in [9.17, 15) is 4.79 Å². The van der Waals surface area contributed by atoms with E-state index in [2.05, 4.69) is 15.9 Å². The first-order chi connectivity index (χ1) is 11.6. The normalized spacial score (nSPS) is 30.8. The topological polar surface area (TPSA) is 52.4 Å². The van der Waals surface area contributed by atoms with E-state index in [1.165, 1.54) is 4.90 Å². The van der Waals surface area contributed by atoms with Gasteiger partial charge in [-0.25, -0.2) is 0 Å². The second-order valence-electron chi connectivity index (χ2n) is 6.60. The summed E-state index contributed by atoms with van der Waals surface area (Å²) in [6.07, 6.45) is 0.790. The number of carbonyl (C=O) groups is 1. The predicted octanol–water partition coefficient (Wildman–Crippen LogP) is 0.647. The fraction of sp³-hybridized carbons (Fsp3) is 0.588. The molecule has 3 aliphatic rings. The van der Waals surface area contributed by atoms with Crippen LogP contribution in [-0.2, 0) is 24.8 Å². The van der Waals surface area contributed by atoms with E-state index in [1.807, 2.05) is 30.0 Å². The van der Waals surface area contributed by atoms with Crippen molar-refractivity contribution in [3.8, 4) is 0 Å². The zero-order valence-corrected chi connectivity index (χ0v) is 15.3. The molecule has 1 spiro atoms. The molecule has 1 aromatic rings. The van der Waals surface area contributed by atoms with Gasteiger partial charge in [-0.15, -0.1) is 0 Å². The molecule has 24 heavy (non-hydrogen) atoms. The Bertz CT molecular complexity index is 649. The van der Waals surface area contributed by atoms with Gasteiger partial charge in [0, 0.05) is 10.0 Å². The first-order valence-electron chi connectivity index (χ1n) is 8.45. The Kier molecular flexibility index (Phi) is 4.38. The van der Waals surface area contributed by atoms with Gasteiger partial charge in [0.1, 0.15) is 13.1 Å². The SMILES string of the molecule is C[C@@H]1CCO[C@@]2(O1)C(=O)N(C[NH+]1CCOCC1)c1ccc(Br)cc12. The monoisotopic (exact) mass is 397 g/mol. The Labute approximate surface area is 149 Å². The molecule has 0 aromatic heterocycles. The molecule has 2 atom stereocenters. The molecule has 6 nitrogen and oxygen atoms in total. The molecule has 2 saturated heterocycles. The lowest BCUT2D eigenvalue weighted by Gasteiger charge is -2.36. The molecule has 1 aromatic carbocycles. The van der Waals surface area contributed by atoms with Gasteiger partial charge in [-0.2, -0.15) is 0 Å². The summed E-state index contributed by atoms with van der Waals surface area (Å²) < 4.78 is 18.4. The molecule has 4 rings (SSSR count). The maximum absolute atomic E-state index is 13.3. The quantitative estimate of drug-likeness (QED) is 0.795. The number of ether oxygens (including phenoxy) is 3. The lowest BCUT2D eigenvalue weighted by atomic mass is 10.1. The molecule has 3 aliphatic heterocycles. The van der Waals surface area contributed by atoms with Gasteiger partial charge >= 0.3 is 0 Å². The summed E-state index contributed by atoms with van der Waals surface area (Å²) in [6.45, 7) is 6.41. The van der Waals surface area contributed by atoms with E-state index in [4.69, 9.17) is 14.2 Å². The number of quaternary nitrogens is 1. The Morgan fingerprint density at radius 1 is 1.33 bits per heavy atom. The Morgan fingerprint density at radius 3 is 2.88 bits per heavy atom. The maximum atomic E-state index is 13.3. The zero-order valence-electron chi connectivity index (χ0n) is 13.7. The molecule has 130 valence electrons. The van der Waals surface area contributed by atoms with E-state index in [0.29, 0.717) is 13.3 Å². The summed E-state index contributed by atoms with van der Waals surface area (Å²) in [5.41, 5.74) is 1.69. The number of halogens is 1. The summed E-state index contributed by atoms with van der Waals surface area (Å²) in [4.78, 5) is 16.4. The molecule has 3 heterocycles. The molecule has 0 bridgehead atoms. The number of amides is 1. The van der Waals surface area contributed by atoms with Crippen LogP contribution in [0.3, 0.4) is 0 Å². The predicted molar refractivity (Wildman–Crippen MR) is 90.8 cm³/mol. The lowest BCUT2D eigenvalue weighted by molar-refractivity contribution is -0.906. The minimum Gasteiger partial charge on any atom is -0.370 e. The van der Waals surface area contributed by atoms with Gasteiger partial charge in [0.15, 0.2) is 6.67 Å². The maximum Gasteiger partial charge on any atom is 0.296 e. The number of hydrogen-bond acceptors (Lipinski definition) is 4. The molecule has 0 radical (unpaired) electrons. The van der Waals surface area contributed by atoms with E-state index in [-0.39, 0.29) is 12.0 Å². The molecule has 7 heteroatoms. The fourth-order valence-electron chi connectivity index (χ4n) is 3.61. The van der Waals surface area contributed by atoms with Crippen LogP contribution in [0.25, 0.3) is 0 Å². The first kappa shape index (κ1) is 16.5. The van der Waals surface area contributed by atoms with Gasteiger partial charge < -0.3 is 19.1 Å². The Hall–Kier alpha value is -0.990. The number of nitrogens with one attached hydrogen (secondary N) is 1. The number of morpholine rings is 1. The van der Waals surface area contributed by atoms with Gasteiger partial charge in [-0.3, -0.25) is 9.69 Å². The summed E-state index contributed by atoms with van der Waals surface area (Å²) in [5.74, 6) is -1.40. The standard InChI is InChI=1S/C17H21BrN2O4/c1-12-4-7-23-17(24-12)14-10-13(18)2-3-15(14)20(16(17)21)11-19-5-8-22-9-6-19/h2-3,10,12H,4-9,11H2,1H3/p+1/t12-,17+/m1/s1. The van der Waals surface area contributed by atoms with Crippen LogP contribution in [0.5, 0.6) is 0 Å². The zero-order chi connectivity index (χ0) is 16.7. The molecule has 1 amide bonds. The first-order valence-corrected chi connectivity index (χ1v) is 9.24. The van der Waals surface area contributed by atoms with E-state index >= 15 is 0 Å². The number of hydrogen-bond donors (Lipinski definition) is 1. The third kappa shape index (κ3) is 2.68. The van der Waals surface area contributed by atoms with Crippen LogP contribution in [0.2, 0.25) is 0 Å². The van der Waals surface area contributed by atoms with Crippen molar-refractivity contribution in [2.75, 3.05) is 44.5 Å². The van der Waals surface area contributed by atoms with Gasteiger partial charge in [-0.05, 0) is 31.5 Å². The highest BCUT2D eigenvalue weighted by atomic mass is 79.9. The van der Waals surface area contributed by atoms with Crippen molar-refractivity contribution in [2.45, 2.75) is 25.2 Å². The van der Waals surface area contributed by atoms with Crippen molar-refractivity contribution in [2.24, 2.45) is 0 Å². The number of benzene rings is 1. The summed E-state index contributed by atoms with van der Waals surface area (Å²) in [5, 5.41) is 0. The highest BCUT2D eigenvalue weighted by Crippen LogP contribution is 2.46. The molecule has 0 saturated carbocycles. The van der Waals surface area contributed by atoms with Crippen molar-refractivity contribution >= 4 is 27.5 Å². The number of rotatable bonds is 2. The average molecular weight is 398 g/mol. The van der Waals surface area contributed by atoms with Crippen LogP contribution in [0.4, 0.5) is 5.69 Å². The highest BCUT2D eigenvalue weighted by Gasteiger charge is 2.56. The van der Waals surface area contributed by atoms with Crippen molar-refractivity contribution in [3.63, 3.8) is 0 Å². The number of fused-ring (bicyclic) bond motifs is 2. The van der Waals surface area contributed by atoms with Crippen LogP contribution in [0.1, 0.15) is 18.9 Å². The van der Waals surface area contributed by atoms with Gasteiger partial charge in [0.2, 0.25) is 0 Å². The van der Waals surface area contributed by atoms with Crippen molar-refractivity contribution < 1.29 is 23.9 Å². The summed E-state index contributed by atoms with van der Waals surface area (Å²) >= 11 is 3.51. The van der Waals surface area contributed by atoms with Crippen molar-refractivity contribution in [1.82, 2.24) is 0 Å². The second-order valence-corrected chi connectivity index (χ2v) is 7.51. The van der Waals surface area contributed by atoms with Crippen LogP contribution in [0.15, 0.2) is 22.7 Å². The fourth-order valence-corrected chi connectivity index (χ4v) is 3.97. The van der Waals surface area contributed by atoms with E-state index in [1.54, 1.807) is 0 Å². The minimum absolute atomic E-state index is 0.00906. The molecule has 2 fully saturated rings. The third-order valence-corrected chi connectivity index (χ3v) is 5.40. The Morgan fingerprint density at radius 2 is 2.12 bits per heavy atom. The largest absolute Gasteiger partial charge is 0.370 e. The average Bonchev–Trinajstić information content (AvgIpc) is 2.78. The minimum atomic E-state index is -1.29. The molecular formula is C17H22BrN2O4+. The summed E-state index contributed by atoms with van der Waals surface area (Å²) in [7, 11) is 0. The molecule has 0 unspecified atom stereocenters. The van der Waals surface area contributed by atoms with Crippen LogP contribution in [0, 0.1) is 0 Å². The number of carbonyl (C=O) groups excluding carboxylic acids is 1. The van der Waals surface area contributed by atoms with Crippen molar-refractivity contribution in [1.29, 1.82) is 0 Å². The number of nitrogens with zero attached hydrogens (tertiary/aromatic N) is 1. The van der Waals surface area contributed by atoms with Crippen LogP contribution < -0.4 is 9.80 Å². The summed E-state index contributed by atoms with van der Waals surface area (Å²) in [6, 6.07) is 5.87. The third-order valence-electron chi connectivity index (χ3n) is 4.91. The molecular weight excluding hydrogens is 376 g/mol. The molecule has 1 N–H and O–H groups in total. The second kappa shape index (κ2) is 6.38. The van der Waals surface area contributed by atoms with E-state index < -0.39 is 5.79 Å². The number of anilines is 1. The smallest absolute Gasteiger partial charge is 0.296 e. The van der Waals surface area contributed by atoms with Crippen molar-refractivity contribution in [3.05, 3.63) is 28.2 Å². The van der Waals surface area contributed by atoms with Gasteiger partial charge in [-0.1, -0.05) is 15.9 Å². The van der Waals surface area contributed by atoms with Gasteiger partial charge in [0.05, 0.1) is 31.6 Å². The lowest BCUT2D eigenvalue weighted by Crippen LogP contribution is -3.15. The highest BCUT2D eigenvalue weighted by molar-refractivity contribution is 9.10.